The molecule has 0 aliphatic heterocycles. The van der Waals surface area contributed by atoms with Gasteiger partial charge in [-0.3, -0.25) is 9.59 Å². The Kier molecular flexibility index (Phi) is 6.17. The van der Waals surface area contributed by atoms with Crippen molar-refractivity contribution in [3.63, 3.8) is 0 Å². The first-order chi connectivity index (χ1) is 15.9. The molecular weight excluding hydrogens is 423 g/mol. The van der Waals surface area contributed by atoms with Crippen molar-refractivity contribution in [3.05, 3.63) is 90.4 Å². The van der Waals surface area contributed by atoms with E-state index in [1.807, 2.05) is 36.4 Å². The molecule has 0 unspecified atom stereocenters. The van der Waals surface area contributed by atoms with Crippen molar-refractivity contribution in [2.75, 3.05) is 17.7 Å². The van der Waals surface area contributed by atoms with Gasteiger partial charge in [-0.15, -0.1) is 0 Å². The summed E-state index contributed by atoms with van der Waals surface area (Å²) in [6.45, 7) is 1.35. The molecule has 4 aromatic rings. The van der Waals surface area contributed by atoms with E-state index < -0.39 is 11.7 Å². The van der Waals surface area contributed by atoms with Crippen LogP contribution in [-0.4, -0.2) is 28.7 Å². The lowest BCUT2D eigenvalue weighted by Gasteiger charge is -2.09. The molecule has 0 spiro atoms. The van der Waals surface area contributed by atoms with Gasteiger partial charge in [-0.05, 0) is 42.5 Å². The van der Waals surface area contributed by atoms with Crippen LogP contribution in [0, 0.1) is 5.82 Å². The van der Waals surface area contributed by atoms with Gasteiger partial charge in [0.1, 0.15) is 17.3 Å². The van der Waals surface area contributed by atoms with E-state index in [4.69, 9.17) is 4.74 Å². The topological polar surface area (TPSA) is 85.2 Å². The Bertz CT molecular complexity index is 1320. The maximum atomic E-state index is 14.4. The number of nitrogens with zero attached hydrogens (tertiary/aromatic N) is 2. The number of methoxy groups -OCH3 is 1. The van der Waals surface area contributed by atoms with Crippen LogP contribution >= 0.6 is 0 Å². The number of hydrogen-bond donors (Lipinski definition) is 2. The fourth-order valence-electron chi connectivity index (χ4n) is 3.33. The Morgan fingerprint density at radius 2 is 1.76 bits per heavy atom. The SMILES string of the molecule is COc1cccc(-c2nn(-c3ccccc3)cc2C(=O)Nc2cc(NC(C)=O)ccc2F)c1. The van der Waals surface area contributed by atoms with Crippen LogP contribution in [0.2, 0.25) is 0 Å². The molecule has 0 aliphatic rings. The molecule has 33 heavy (non-hydrogen) atoms. The minimum atomic E-state index is -0.629. The van der Waals surface area contributed by atoms with Crippen molar-refractivity contribution in [1.82, 2.24) is 9.78 Å². The summed E-state index contributed by atoms with van der Waals surface area (Å²) < 4.78 is 21.3. The van der Waals surface area contributed by atoms with Gasteiger partial charge in [0.2, 0.25) is 5.91 Å². The van der Waals surface area contributed by atoms with Crippen LogP contribution in [0.25, 0.3) is 16.9 Å². The second-order valence-corrected chi connectivity index (χ2v) is 7.23. The largest absolute Gasteiger partial charge is 0.497 e. The van der Waals surface area contributed by atoms with Crippen molar-refractivity contribution in [1.29, 1.82) is 0 Å². The van der Waals surface area contributed by atoms with Gasteiger partial charge in [-0.25, -0.2) is 9.07 Å². The van der Waals surface area contributed by atoms with E-state index in [9.17, 15) is 14.0 Å². The van der Waals surface area contributed by atoms with Crippen LogP contribution in [0.15, 0.2) is 79.0 Å². The zero-order valence-electron chi connectivity index (χ0n) is 18.0. The molecule has 166 valence electrons. The predicted molar refractivity (Wildman–Crippen MR) is 124 cm³/mol. The van der Waals surface area contributed by atoms with E-state index >= 15 is 0 Å². The summed E-state index contributed by atoms with van der Waals surface area (Å²) in [6.07, 6.45) is 1.59. The van der Waals surface area contributed by atoms with Crippen LogP contribution < -0.4 is 15.4 Å². The number of anilines is 2. The molecule has 7 nitrogen and oxygen atoms in total. The number of aromatic nitrogens is 2. The molecule has 3 aromatic carbocycles. The maximum Gasteiger partial charge on any atom is 0.259 e. The number of carbonyl (C=O) groups excluding carboxylic acids is 2. The monoisotopic (exact) mass is 444 g/mol. The summed E-state index contributed by atoms with van der Waals surface area (Å²) in [5.74, 6) is -0.866. The summed E-state index contributed by atoms with van der Waals surface area (Å²) in [6, 6.07) is 20.5. The first-order valence-electron chi connectivity index (χ1n) is 10.1. The van der Waals surface area contributed by atoms with Crippen molar-refractivity contribution >= 4 is 23.2 Å². The molecule has 0 radical (unpaired) electrons. The molecule has 1 aromatic heterocycles. The van der Waals surface area contributed by atoms with E-state index in [2.05, 4.69) is 15.7 Å². The highest BCUT2D eigenvalue weighted by molar-refractivity contribution is 6.08. The van der Waals surface area contributed by atoms with E-state index in [1.165, 1.54) is 25.1 Å². The highest BCUT2D eigenvalue weighted by Gasteiger charge is 2.20. The number of ether oxygens (including phenoxy) is 1. The molecule has 0 fully saturated rings. The lowest BCUT2D eigenvalue weighted by Crippen LogP contribution is -2.14. The number of rotatable bonds is 6. The molecule has 4 rings (SSSR count). The highest BCUT2D eigenvalue weighted by Crippen LogP contribution is 2.28. The zero-order chi connectivity index (χ0) is 23.4. The van der Waals surface area contributed by atoms with Crippen molar-refractivity contribution in [2.45, 2.75) is 6.92 Å². The quantitative estimate of drug-likeness (QED) is 0.443. The summed E-state index contributed by atoms with van der Waals surface area (Å²) >= 11 is 0. The third-order valence-corrected chi connectivity index (χ3v) is 4.86. The normalized spacial score (nSPS) is 10.5. The third kappa shape index (κ3) is 4.90. The first-order valence-corrected chi connectivity index (χ1v) is 10.1. The second kappa shape index (κ2) is 9.35. The fourth-order valence-corrected chi connectivity index (χ4v) is 3.33. The van der Waals surface area contributed by atoms with Crippen LogP contribution in [0.3, 0.4) is 0 Å². The average molecular weight is 444 g/mol. The Balaban J connectivity index is 1.75. The van der Waals surface area contributed by atoms with E-state index in [0.717, 1.165) is 5.69 Å². The molecule has 2 amide bonds. The summed E-state index contributed by atoms with van der Waals surface area (Å²) in [5.41, 5.74) is 2.40. The molecule has 0 saturated heterocycles. The van der Waals surface area contributed by atoms with Gasteiger partial charge >= 0.3 is 0 Å². The molecule has 0 atom stereocenters. The van der Waals surface area contributed by atoms with Crippen molar-refractivity contribution in [3.8, 4) is 22.7 Å². The Labute approximate surface area is 189 Å². The number of carbonyl (C=O) groups is 2. The molecule has 0 aliphatic carbocycles. The van der Waals surface area contributed by atoms with Crippen LogP contribution in [0.1, 0.15) is 17.3 Å². The third-order valence-electron chi connectivity index (χ3n) is 4.86. The predicted octanol–water partition coefficient (Wildman–Crippen LogP) is 4.90. The molecule has 2 N–H and O–H groups in total. The summed E-state index contributed by atoms with van der Waals surface area (Å²) in [4.78, 5) is 24.6. The summed E-state index contributed by atoms with van der Waals surface area (Å²) in [5, 5.41) is 9.79. The number of halogens is 1. The van der Waals surface area contributed by atoms with Gasteiger partial charge in [0, 0.05) is 24.4 Å². The molecule has 1 heterocycles. The molecular formula is C25H21FN4O3. The smallest absolute Gasteiger partial charge is 0.259 e. The van der Waals surface area contributed by atoms with Crippen LogP contribution in [0.5, 0.6) is 5.75 Å². The van der Waals surface area contributed by atoms with E-state index in [1.54, 1.807) is 36.2 Å². The standard InChI is InChI=1S/C25H21FN4O3/c1-16(31)27-18-11-12-22(26)23(14-18)28-25(32)21-15-30(19-8-4-3-5-9-19)29-24(21)17-7-6-10-20(13-17)33-2/h3-15H,1-2H3,(H,27,31)(H,28,32). The Morgan fingerprint density at radius 3 is 2.48 bits per heavy atom. The van der Waals surface area contributed by atoms with Crippen molar-refractivity contribution in [2.24, 2.45) is 0 Å². The van der Waals surface area contributed by atoms with Gasteiger partial charge in [0.05, 0.1) is 24.0 Å². The number of hydrogen-bond acceptors (Lipinski definition) is 4. The zero-order valence-corrected chi connectivity index (χ0v) is 18.0. The van der Waals surface area contributed by atoms with Crippen LogP contribution in [0.4, 0.5) is 15.8 Å². The minimum absolute atomic E-state index is 0.0599. The maximum absolute atomic E-state index is 14.4. The number of amides is 2. The molecule has 0 bridgehead atoms. The number of benzene rings is 3. The minimum Gasteiger partial charge on any atom is -0.497 e. The van der Waals surface area contributed by atoms with Crippen LogP contribution in [-0.2, 0) is 4.79 Å². The van der Waals surface area contributed by atoms with E-state index in [-0.39, 0.29) is 17.2 Å². The molecule has 8 heteroatoms. The van der Waals surface area contributed by atoms with Crippen molar-refractivity contribution < 1.29 is 18.7 Å². The van der Waals surface area contributed by atoms with E-state index in [0.29, 0.717) is 22.7 Å². The second-order valence-electron chi connectivity index (χ2n) is 7.23. The molecule has 0 saturated carbocycles. The Hall–Kier alpha value is -4.46. The number of nitrogens with one attached hydrogen (secondary N) is 2. The highest BCUT2D eigenvalue weighted by atomic mass is 19.1. The lowest BCUT2D eigenvalue weighted by molar-refractivity contribution is -0.114. The average Bonchev–Trinajstić information content (AvgIpc) is 3.27. The van der Waals surface area contributed by atoms with Gasteiger partial charge in [0.15, 0.2) is 0 Å². The first kappa shape index (κ1) is 21.8. The van der Waals surface area contributed by atoms with Gasteiger partial charge in [-0.2, -0.15) is 5.10 Å². The number of para-hydroxylation sites is 1. The Morgan fingerprint density at radius 1 is 0.970 bits per heavy atom. The fraction of sp³-hybridized carbons (Fsp3) is 0.0800. The van der Waals surface area contributed by atoms with Gasteiger partial charge in [-0.1, -0.05) is 30.3 Å². The van der Waals surface area contributed by atoms with Gasteiger partial charge < -0.3 is 15.4 Å². The summed E-state index contributed by atoms with van der Waals surface area (Å²) in [7, 11) is 1.56. The van der Waals surface area contributed by atoms with Gasteiger partial charge in [0.25, 0.3) is 5.91 Å². The lowest BCUT2D eigenvalue weighted by atomic mass is 10.1.